The summed E-state index contributed by atoms with van der Waals surface area (Å²) < 4.78 is 0. The molecule has 1 N–H and O–H groups in total. The Balaban J connectivity index is 2.37. The largest absolute Gasteiger partial charge is 0.477 e. The van der Waals surface area contributed by atoms with Gasteiger partial charge in [0.1, 0.15) is 4.88 Å². The van der Waals surface area contributed by atoms with Gasteiger partial charge in [-0.3, -0.25) is 0 Å². The number of carboxylic acid groups (broad SMARTS) is 1. The molecule has 1 heterocycles. The van der Waals surface area contributed by atoms with E-state index in [0.717, 1.165) is 17.1 Å². The number of carbonyl (C=O) groups is 1. The lowest BCUT2D eigenvalue weighted by atomic mass is 10.4. The van der Waals surface area contributed by atoms with Crippen molar-refractivity contribution in [2.24, 2.45) is 0 Å². The van der Waals surface area contributed by atoms with Crippen molar-refractivity contribution < 1.29 is 9.90 Å². The fourth-order valence-corrected chi connectivity index (χ4v) is 2.67. The second-order valence-electron chi connectivity index (χ2n) is 2.56. The maximum Gasteiger partial charge on any atom is 0.345 e. The monoisotopic (exact) mass is 227 g/mol. The minimum atomic E-state index is -0.876. The van der Waals surface area contributed by atoms with E-state index in [9.17, 15) is 4.79 Å². The Hall–Kier alpha value is -0.990. The highest BCUT2D eigenvalue weighted by molar-refractivity contribution is 7.99. The van der Waals surface area contributed by atoms with Gasteiger partial charge >= 0.3 is 5.97 Å². The standard InChI is InChI=1S/C9H9NO2S2/c10-3-1-2-4-13-7-5-8(9(11)12)14-6-7/h5-6H,1-2,4H2,(H,11,12). The third kappa shape index (κ3) is 3.40. The van der Waals surface area contributed by atoms with Crippen LogP contribution >= 0.6 is 23.1 Å². The Morgan fingerprint density at radius 1 is 1.71 bits per heavy atom. The van der Waals surface area contributed by atoms with Gasteiger partial charge in [0, 0.05) is 16.7 Å². The van der Waals surface area contributed by atoms with Crippen LogP contribution in [-0.4, -0.2) is 16.8 Å². The predicted octanol–water partition coefficient (Wildman–Crippen LogP) is 2.84. The first-order valence-electron chi connectivity index (χ1n) is 4.05. The number of aromatic carboxylic acids is 1. The number of thioether (sulfide) groups is 1. The van der Waals surface area contributed by atoms with Crippen LogP contribution in [0.5, 0.6) is 0 Å². The highest BCUT2D eigenvalue weighted by Gasteiger charge is 2.06. The Kier molecular flexibility index (Phi) is 4.50. The Bertz CT molecular complexity index is 354. The average molecular weight is 227 g/mol. The quantitative estimate of drug-likeness (QED) is 0.620. The highest BCUT2D eigenvalue weighted by Crippen LogP contribution is 2.25. The normalized spacial score (nSPS) is 9.64. The van der Waals surface area contributed by atoms with Gasteiger partial charge in [-0.15, -0.1) is 23.1 Å². The summed E-state index contributed by atoms with van der Waals surface area (Å²) in [7, 11) is 0. The average Bonchev–Trinajstić information content (AvgIpc) is 2.61. The van der Waals surface area contributed by atoms with Gasteiger partial charge in [0.05, 0.1) is 6.07 Å². The zero-order valence-electron chi connectivity index (χ0n) is 7.40. The molecule has 0 aliphatic carbocycles. The molecule has 1 rings (SSSR count). The van der Waals surface area contributed by atoms with Gasteiger partial charge in [-0.05, 0) is 18.2 Å². The number of nitrogens with zero attached hydrogens (tertiary/aromatic N) is 1. The zero-order valence-corrected chi connectivity index (χ0v) is 9.03. The molecular weight excluding hydrogens is 218 g/mol. The first-order valence-corrected chi connectivity index (χ1v) is 5.92. The van der Waals surface area contributed by atoms with E-state index in [1.807, 2.05) is 5.38 Å². The van der Waals surface area contributed by atoms with Gasteiger partial charge in [0.2, 0.25) is 0 Å². The van der Waals surface area contributed by atoms with Crippen LogP contribution in [0.2, 0.25) is 0 Å². The van der Waals surface area contributed by atoms with Gasteiger partial charge in [0.25, 0.3) is 0 Å². The van der Waals surface area contributed by atoms with Gasteiger partial charge in [-0.1, -0.05) is 0 Å². The number of rotatable bonds is 5. The first-order chi connectivity index (χ1) is 6.74. The van der Waals surface area contributed by atoms with Crippen LogP contribution in [0.3, 0.4) is 0 Å². The number of carboxylic acids is 1. The Morgan fingerprint density at radius 3 is 3.07 bits per heavy atom. The van der Waals surface area contributed by atoms with Crippen molar-refractivity contribution >= 4 is 29.1 Å². The van der Waals surface area contributed by atoms with E-state index >= 15 is 0 Å². The Morgan fingerprint density at radius 2 is 2.50 bits per heavy atom. The second-order valence-corrected chi connectivity index (χ2v) is 4.64. The van der Waals surface area contributed by atoms with E-state index in [1.165, 1.54) is 11.3 Å². The molecule has 0 aromatic carbocycles. The summed E-state index contributed by atoms with van der Waals surface area (Å²) in [5, 5.41) is 18.8. The van der Waals surface area contributed by atoms with Crippen LogP contribution in [0.1, 0.15) is 22.5 Å². The second kappa shape index (κ2) is 5.68. The molecule has 74 valence electrons. The fourth-order valence-electron chi connectivity index (χ4n) is 0.848. The number of hydrogen-bond donors (Lipinski definition) is 1. The molecule has 5 heteroatoms. The summed E-state index contributed by atoms with van der Waals surface area (Å²) in [4.78, 5) is 11.9. The summed E-state index contributed by atoms with van der Waals surface area (Å²) in [5.74, 6) is -0.0116. The lowest BCUT2D eigenvalue weighted by molar-refractivity contribution is 0.0702. The molecule has 0 saturated carbocycles. The third-order valence-corrected chi connectivity index (χ3v) is 3.62. The van der Waals surface area contributed by atoms with E-state index in [2.05, 4.69) is 6.07 Å². The molecule has 0 spiro atoms. The van der Waals surface area contributed by atoms with Crippen LogP contribution in [0.15, 0.2) is 16.3 Å². The molecule has 0 saturated heterocycles. The van der Waals surface area contributed by atoms with Crippen LogP contribution < -0.4 is 0 Å². The van der Waals surface area contributed by atoms with Crippen molar-refractivity contribution in [3.05, 3.63) is 16.3 Å². The minimum absolute atomic E-state index is 0.368. The molecule has 1 aromatic rings. The summed E-state index contributed by atoms with van der Waals surface area (Å²) in [5.41, 5.74) is 0. The van der Waals surface area contributed by atoms with Crippen molar-refractivity contribution in [1.82, 2.24) is 0 Å². The van der Waals surface area contributed by atoms with Crippen molar-refractivity contribution in [3.8, 4) is 6.07 Å². The molecule has 0 amide bonds. The number of thiophene rings is 1. The smallest absolute Gasteiger partial charge is 0.345 e. The molecule has 0 bridgehead atoms. The molecule has 0 aliphatic heterocycles. The molecule has 0 atom stereocenters. The van der Waals surface area contributed by atoms with Crippen LogP contribution in [-0.2, 0) is 0 Å². The van der Waals surface area contributed by atoms with Crippen LogP contribution in [0, 0.1) is 11.3 Å². The van der Waals surface area contributed by atoms with Gasteiger partial charge in [-0.25, -0.2) is 4.79 Å². The molecule has 1 aromatic heterocycles. The molecular formula is C9H9NO2S2. The Labute approximate surface area is 90.4 Å². The summed E-state index contributed by atoms with van der Waals surface area (Å²) >= 11 is 2.83. The van der Waals surface area contributed by atoms with Crippen molar-refractivity contribution in [1.29, 1.82) is 5.26 Å². The minimum Gasteiger partial charge on any atom is -0.477 e. The number of hydrogen-bond acceptors (Lipinski definition) is 4. The van der Waals surface area contributed by atoms with Gasteiger partial charge in [-0.2, -0.15) is 5.26 Å². The first kappa shape index (κ1) is 11.1. The molecule has 14 heavy (non-hydrogen) atoms. The molecule has 0 aliphatic rings. The van der Waals surface area contributed by atoms with Crippen molar-refractivity contribution in [2.75, 3.05) is 5.75 Å². The predicted molar refractivity (Wildman–Crippen MR) is 56.8 cm³/mol. The number of unbranched alkanes of at least 4 members (excludes halogenated alkanes) is 1. The zero-order chi connectivity index (χ0) is 10.4. The third-order valence-electron chi connectivity index (χ3n) is 1.49. The van der Waals surface area contributed by atoms with Crippen molar-refractivity contribution in [2.45, 2.75) is 17.7 Å². The van der Waals surface area contributed by atoms with E-state index in [-0.39, 0.29) is 0 Å². The van der Waals surface area contributed by atoms with E-state index in [4.69, 9.17) is 10.4 Å². The van der Waals surface area contributed by atoms with Gasteiger partial charge < -0.3 is 5.11 Å². The topological polar surface area (TPSA) is 61.1 Å². The summed E-state index contributed by atoms with van der Waals surface area (Å²) in [6.45, 7) is 0. The molecule has 0 radical (unpaired) electrons. The highest BCUT2D eigenvalue weighted by atomic mass is 32.2. The van der Waals surface area contributed by atoms with Gasteiger partial charge in [0.15, 0.2) is 0 Å². The van der Waals surface area contributed by atoms with E-state index in [1.54, 1.807) is 17.8 Å². The molecule has 0 unspecified atom stereocenters. The van der Waals surface area contributed by atoms with Crippen LogP contribution in [0.4, 0.5) is 0 Å². The lowest BCUT2D eigenvalue weighted by Gasteiger charge is -1.93. The van der Waals surface area contributed by atoms with E-state index in [0.29, 0.717) is 11.3 Å². The fraction of sp³-hybridized carbons (Fsp3) is 0.333. The summed E-state index contributed by atoms with van der Waals surface area (Å²) in [6.07, 6.45) is 1.41. The lowest BCUT2D eigenvalue weighted by Crippen LogP contribution is -1.89. The SMILES string of the molecule is N#CCCCSc1csc(C(=O)O)c1. The maximum absolute atomic E-state index is 10.5. The molecule has 0 fully saturated rings. The molecule has 3 nitrogen and oxygen atoms in total. The summed E-state index contributed by atoms with van der Waals surface area (Å²) in [6, 6.07) is 3.74. The number of nitriles is 1. The van der Waals surface area contributed by atoms with Crippen molar-refractivity contribution in [3.63, 3.8) is 0 Å². The van der Waals surface area contributed by atoms with Crippen LogP contribution in [0.25, 0.3) is 0 Å². The van der Waals surface area contributed by atoms with E-state index < -0.39 is 5.97 Å². The maximum atomic E-state index is 10.5.